The number of nitrogens with one attached hydrogen (secondary N) is 2. The molecule has 0 radical (unpaired) electrons. The molecular formula is C21H22FN5O2S. The summed E-state index contributed by atoms with van der Waals surface area (Å²) in [6.45, 7) is 4.04. The summed E-state index contributed by atoms with van der Waals surface area (Å²) in [5.74, 6) is -0.461. The highest BCUT2D eigenvalue weighted by Gasteiger charge is 2.23. The van der Waals surface area contributed by atoms with Crippen molar-refractivity contribution < 1.29 is 14.0 Å². The quantitative estimate of drug-likeness (QED) is 0.633. The number of benzene rings is 1. The highest BCUT2D eigenvalue weighted by molar-refractivity contribution is 7.08. The van der Waals surface area contributed by atoms with Crippen molar-refractivity contribution in [3.05, 3.63) is 64.2 Å². The maximum Gasteiger partial charge on any atom is 0.271 e. The van der Waals surface area contributed by atoms with E-state index in [1.54, 1.807) is 29.2 Å². The number of carbonyl (C=O) groups is 2. The van der Waals surface area contributed by atoms with Crippen molar-refractivity contribution in [2.24, 2.45) is 0 Å². The molecule has 0 atom stereocenters. The van der Waals surface area contributed by atoms with Crippen molar-refractivity contribution in [3.63, 3.8) is 0 Å². The zero-order valence-electron chi connectivity index (χ0n) is 16.3. The summed E-state index contributed by atoms with van der Waals surface area (Å²) < 4.78 is 13.1. The summed E-state index contributed by atoms with van der Waals surface area (Å²) in [4.78, 5) is 28.7. The van der Waals surface area contributed by atoms with Crippen LogP contribution in [-0.4, -0.2) is 71.1 Å². The van der Waals surface area contributed by atoms with Gasteiger partial charge < -0.3 is 10.2 Å². The first-order valence-corrected chi connectivity index (χ1v) is 10.7. The molecule has 1 aliphatic heterocycles. The standard InChI is InChI=1S/C21H22FN5O2S/c22-17-3-1-15(2-4-17)18-13-19(25-24-18)21(29)27-10-8-26(9-11-27)7-6-23-20(28)16-5-12-30-14-16/h1-5,12-14H,6-11H2,(H,23,28)(H,24,25). The van der Waals surface area contributed by atoms with Crippen molar-refractivity contribution in [1.29, 1.82) is 0 Å². The van der Waals surface area contributed by atoms with Gasteiger partial charge in [0.15, 0.2) is 0 Å². The van der Waals surface area contributed by atoms with E-state index >= 15 is 0 Å². The van der Waals surface area contributed by atoms with Gasteiger partial charge in [0.2, 0.25) is 0 Å². The number of carbonyl (C=O) groups excluding carboxylic acids is 2. The molecule has 1 fully saturated rings. The number of hydrogen-bond acceptors (Lipinski definition) is 5. The van der Waals surface area contributed by atoms with Crippen molar-refractivity contribution in [3.8, 4) is 11.3 Å². The van der Waals surface area contributed by atoms with Gasteiger partial charge in [-0.2, -0.15) is 16.4 Å². The lowest BCUT2D eigenvalue weighted by molar-refractivity contribution is 0.0632. The zero-order valence-corrected chi connectivity index (χ0v) is 17.1. The van der Waals surface area contributed by atoms with E-state index in [1.807, 2.05) is 10.8 Å². The van der Waals surface area contributed by atoms with Crippen LogP contribution in [0.1, 0.15) is 20.8 Å². The molecule has 2 N–H and O–H groups in total. The molecule has 7 nitrogen and oxygen atoms in total. The fourth-order valence-corrected chi connectivity index (χ4v) is 4.00. The van der Waals surface area contributed by atoms with E-state index < -0.39 is 0 Å². The van der Waals surface area contributed by atoms with Crippen molar-refractivity contribution in [1.82, 2.24) is 25.3 Å². The van der Waals surface area contributed by atoms with E-state index in [4.69, 9.17) is 0 Å². The predicted octanol–water partition coefficient (Wildman–Crippen LogP) is 2.47. The molecule has 0 spiro atoms. The van der Waals surface area contributed by atoms with E-state index in [0.717, 1.165) is 25.2 Å². The number of hydrogen-bond donors (Lipinski definition) is 2. The van der Waals surface area contributed by atoms with Crippen molar-refractivity contribution in [2.75, 3.05) is 39.3 Å². The Morgan fingerprint density at radius 1 is 1.13 bits per heavy atom. The first-order valence-electron chi connectivity index (χ1n) is 9.73. The molecule has 1 aliphatic rings. The van der Waals surface area contributed by atoms with Gasteiger partial charge in [0.25, 0.3) is 11.8 Å². The van der Waals surface area contributed by atoms with Crippen LogP contribution in [0.25, 0.3) is 11.3 Å². The first-order chi connectivity index (χ1) is 14.6. The van der Waals surface area contributed by atoms with Crippen molar-refractivity contribution in [2.45, 2.75) is 0 Å². The SMILES string of the molecule is O=C(NCCN1CCN(C(=O)c2cc(-c3ccc(F)cc3)n[nH]2)CC1)c1ccsc1. The van der Waals surface area contributed by atoms with Crippen LogP contribution in [0.4, 0.5) is 4.39 Å². The Kier molecular flexibility index (Phi) is 6.20. The molecule has 0 aliphatic carbocycles. The van der Waals surface area contributed by atoms with Crippen LogP contribution in [0.15, 0.2) is 47.2 Å². The molecule has 0 saturated carbocycles. The zero-order chi connectivity index (χ0) is 20.9. The number of piperazine rings is 1. The summed E-state index contributed by atoms with van der Waals surface area (Å²) in [7, 11) is 0. The summed E-state index contributed by atoms with van der Waals surface area (Å²) >= 11 is 1.50. The van der Waals surface area contributed by atoms with Crippen LogP contribution in [-0.2, 0) is 0 Å². The molecule has 2 aromatic heterocycles. The van der Waals surface area contributed by atoms with Crippen LogP contribution in [0.5, 0.6) is 0 Å². The molecule has 9 heteroatoms. The largest absolute Gasteiger partial charge is 0.351 e. The third-order valence-electron chi connectivity index (χ3n) is 5.10. The van der Waals surface area contributed by atoms with Crippen molar-refractivity contribution >= 4 is 23.2 Å². The third-order valence-corrected chi connectivity index (χ3v) is 5.79. The number of rotatable bonds is 6. The smallest absolute Gasteiger partial charge is 0.271 e. The number of aromatic nitrogens is 2. The van der Waals surface area contributed by atoms with Crippen LogP contribution in [0, 0.1) is 5.82 Å². The molecule has 156 valence electrons. The van der Waals surface area contributed by atoms with Crippen LogP contribution >= 0.6 is 11.3 Å². The number of H-pyrrole nitrogens is 1. The highest BCUT2D eigenvalue weighted by atomic mass is 32.1. The fourth-order valence-electron chi connectivity index (χ4n) is 3.37. The molecular weight excluding hydrogens is 405 g/mol. The second kappa shape index (κ2) is 9.19. The molecule has 1 saturated heterocycles. The van der Waals surface area contributed by atoms with Gasteiger partial charge in [0.1, 0.15) is 11.5 Å². The maximum absolute atomic E-state index is 13.1. The van der Waals surface area contributed by atoms with E-state index in [1.165, 1.54) is 23.5 Å². The minimum Gasteiger partial charge on any atom is -0.351 e. The Hall–Kier alpha value is -3.04. The topological polar surface area (TPSA) is 81.3 Å². The summed E-state index contributed by atoms with van der Waals surface area (Å²) in [5, 5.41) is 13.6. The lowest BCUT2D eigenvalue weighted by Crippen LogP contribution is -2.50. The van der Waals surface area contributed by atoms with E-state index in [-0.39, 0.29) is 17.6 Å². The second-order valence-electron chi connectivity index (χ2n) is 7.08. The average Bonchev–Trinajstić information content (AvgIpc) is 3.47. The summed E-state index contributed by atoms with van der Waals surface area (Å²) in [6, 6.07) is 9.51. The minimum atomic E-state index is -0.311. The Balaban J connectivity index is 1.24. The molecule has 0 unspecified atom stereocenters. The number of aromatic amines is 1. The Morgan fingerprint density at radius 3 is 2.60 bits per heavy atom. The van der Waals surface area contributed by atoms with Gasteiger partial charge in [-0.3, -0.25) is 19.6 Å². The minimum absolute atomic E-state index is 0.0544. The first kappa shape index (κ1) is 20.2. The molecule has 1 aromatic carbocycles. The van der Waals surface area contributed by atoms with Gasteiger partial charge in [-0.05, 0) is 41.8 Å². The van der Waals surface area contributed by atoms with E-state index in [2.05, 4.69) is 20.4 Å². The third kappa shape index (κ3) is 4.74. The van der Waals surface area contributed by atoms with Gasteiger partial charge in [-0.1, -0.05) is 0 Å². The number of amides is 2. The Labute approximate surface area is 177 Å². The summed E-state index contributed by atoms with van der Waals surface area (Å²) in [5.41, 5.74) is 2.47. The van der Waals surface area contributed by atoms with Crippen LogP contribution in [0.2, 0.25) is 0 Å². The van der Waals surface area contributed by atoms with Gasteiger partial charge >= 0.3 is 0 Å². The molecule has 30 heavy (non-hydrogen) atoms. The van der Waals surface area contributed by atoms with Crippen LogP contribution in [0.3, 0.4) is 0 Å². The normalized spacial score (nSPS) is 14.6. The lowest BCUT2D eigenvalue weighted by atomic mass is 10.1. The average molecular weight is 428 g/mol. The Bertz CT molecular complexity index is 995. The molecule has 3 aromatic rings. The molecule has 4 rings (SSSR count). The number of thiophene rings is 1. The second-order valence-corrected chi connectivity index (χ2v) is 7.86. The van der Waals surface area contributed by atoms with Gasteiger partial charge in [-0.25, -0.2) is 4.39 Å². The van der Waals surface area contributed by atoms with Crippen LogP contribution < -0.4 is 5.32 Å². The molecule has 3 heterocycles. The highest BCUT2D eigenvalue weighted by Crippen LogP contribution is 2.19. The molecule has 2 amide bonds. The monoisotopic (exact) mass is 427 g/mol. The lowest BCUT2D eigenvalue weighted by Gasteiger charge is -2.34. The Morgan fingerprint density at radius 2 is 1.90 bits per heavy atom. The van der Waals surface area contributed by atoms with E-state index in [9.17, 15) is 14.0 Å². The summed E-state index contributed by atoms with van der Waals surface area (Å²) in [6.07, 6.45) is 0. The maximum atomic E-state index is 13.1. The van der Waals surface area contributed by atoms with Gasteiger partial charge in [0.05, 0.1) is 5.69 Å². The predicted molar refractivity (Wildman–Crippen MR) is 113 cm³/mol. The van der Waals surface area contributed by atoms with Gasteiger partial charge in [0, 0.05) is 55.8 Å². The van der Waals surface area contributed by atoms with Gasteiger partial charge in [-0.15, -0.1) is 0 Å². The molecule has 0 bridgehead atoms. The van der Waals surface area contributed by atoms with E-state index in [0.29, 0.717) is 36.6 Å². The number of nitrogens with zero attached hydrogens (tertiary/aromatic N) is 3. The number of halogens is 1. The fraction of sp³-hybridized carbons (Fsp3) is 0.286.